The smallest absolute Gasteiger partial charge is 0.339 e. The standard InChI is InChI=1S/C10H7O2S/c1-12-10(11)8-3-2-4-9-7(8)5-6-13-9/h2,4-6H,1H3. The summed E-state index contributed by atoms with van der Waals surface area (Å²) in [7, 11) is 1.38. The zero-order valence-electron chi connectivity index (χ0n) is 7.03. The van der Waals surface area contributed by atoms with Crippen molar-refractivity contribution >= 4 is 27.4 Å². The van der Waals surface area contributed by atoms with Crippen LogP contribution in [0.2, 0.25) is 0 Å². The number of carbonyl (C=O) groups is 1. The first-order valence-electron chi connectivity index (χ1n) is 3.79. The van der Waals surface area contributed by atoms with Gasteiger partial charge in [-0.1, -0.05) is 6.07 Å². The van der Waals surface area contributed by atoms with E-state index in [1.54, 1.807) is 17.4 Å². The highest BCUT2D eigenvalue weighted by Gasteiger charge is 2.09. The predicted molar refractivity (Wildman–Crippen MR) is 52.0 cm³/mol. The molecule has 2 rings (SSSR count). The Hall–Kier alpha value is -1.35. The van der Waals surface area contributed by atoms with Gasteiger partial charge in [0, 0.05) is 10.1 Å². The van der Waals surface area contributed by atoms with E-state index >= 15 is 0 Å². The molecule has 0 aliphatic carbocycles. The van der Waals surface area contributed by atoms with Gasteiger partial charge < -0.3 is 4.74 Å². The maximum Gasteiger partial charge on any atom is 0.339 e. The highest BCUT2D eigenvalue weighted by atomic mass is 32.1. The molecule has 0 amide bonds. The molecule has 0 N–H and O–H groups in total. The second-order valence-corrected chi connectivity index (χ2v) is 3.49. The molecule has 0 unspecified atom stereocenters. The van der Waals surface area contributed by atoms with Crippen molar-refractivity contribution < 1.29 is 9.53 Å². The zero-order chi connectivity index (χ0) is 9.26. The molecule has 2 aromatic rings. The molecule has 0 aliphatic rings. The second kappa shape index (κ2) is 3.18. The number of fused-ring (bicyclic) bond motifs is 1. The summed E-state index contributed by atoms with van der Waals surface area (Å²) in [6, 6.07) is 8.46. The van der Waals surface area contributed by atoms with Crippen molar-refractivity contribution in [2.75, 3.05) is 7.11 Å². The molecule has 65 valence electrons. The Labute approximate surface area is 79.8 Å². The Morgan fingerprint density at radius 3 is 3.15 bits per heavy atom. The quantitative estimate of drug-likeness (QED) is 0.647. The highest BCUT2D eigenvalue weighted by Crippen LogP contribution is 2.23. The van der Waals surface area contributed by atoms with Crippen LogP contribution in [0.4, 0.5) is 0 Å². The number of hydrogen-bond donors (Lipinski definition) is 0. The number of carbonyl (C=O) groups excluding carboxylic acids is 1. The van der Waals surface area contributed by atoms with Gasteiger partial charge in [-0.2, -0.15) is 0 Å². The van der Waals surface area contributed by atoms with Crippen molar-refractivity contribution in [2.24, 2.45) is 0 Å². The van der Waals surface area contributed by atoms with E-state index in [0.717, 1.165) is 10.1 Å². The molecular weight excluding hydrogens is 184 g/mol. The van der Waals surface area contributed by atoms with Crippen LogP contribution in [0.3, 0.4) is 0 Å². The van der Waals surface area contributed by atoms with E-state index in [2.05, 4.69) is 10.8 Å². The zero-order valence-corrected chi connectivity index (χ0v) is 7.85. The third-order valence-corrected chi connectivity index (χ3v) is 2.70. The third-order valence-electron chi connectivity index (χ3n) is 1.82. The summed E-state index contributed by atoms with van der Waals surface area (Å²) < 4.78 is 5.73. The van der Waals surface area contributed by atoms with Crippen LogP contribution in [-0.4, -0.2) is 13.1 Å². The SMILES string of the molecule is COC(=O)c1[c]ccc2sccc12. The third kappa shape index (κ3) is 1.31. The number of methoxy groups -OCH3 is 1. The van der Waals surface area contributed by atoms with Crippen LogP contribution in [0.25, 0.3) is 10.1 Å². The lowest BCUT2D eigenvalue weighted by atomic mass is 10.1. The van der Waals surface area contributed by atoms with E-state index in [-0.39, 0.29) is 5.97 Å². The summed E-state index contributed by atoms with van der Waals surface area (Å²) in [6.45, 7) is 0. The number of thiophene rings is 1. The summed E-state index contributed by atoms with van der Waals surface area (Å²) in [5.74, 6) is -0.330. The molecule has 1 radical (unpaired) electrons. The van der Waals surface area contributed by atoms with Crippen molar-refractivity contribution in [2.45, 2.75) is 0 Å². The van der Waals surface area contributed by atoms with Crippen LogP contribution in [0, 0.1) is 6.07 Å². The van der Waals surface area contributed by atoms with E-state index in [1.807, 2.05) is 17.5 Å². The lowest BCUT2D eigenvalue weighted by molar-refractivity contribution is 0.0602. The summed E-state index contributed by atoms with van der Waals surface area (Å²) in [5.41, 5.74) is 0.515. The van der Waals surface area contributed by atoms with Gasteiger partial charge in [0.25, 0.3) is 0 Å². The molecule has 1 aromatic carbocycles. The molecule has 0 bridgehead atoms. The van der Waals surface area contributed by atoms with Gasteiger partial charge in [-0.3, -0.25) is 0 Å². The summed E-state index contributed by atoms with van der Waals surface area (Å²) in [6.07, 6.45) is 0. The van der Waals surface area contributed by atoms with E-state index in [1.165, 1.54) is 7.11 Å². The molecular formula is C10H7O2S. The van der Waals surface area contributed by atoms with Crippen molar-refractivity contribution in [1.82, 2.24) is 0 Å². The molecule has 1 aromatic heterocycles. The summed E-state index contributed by atoms with van der Waals surface area (Å²) >= 11 is 1.60. The monoisotopic (exact) mass is 191 g/mol. The fraction of sp³-hybridized carbons (Fsp3) is 0.100. The molecule has 13 heavy (non-hydrogen) atoms. The minimum Gasteiger partial charge on any atom is -0.465 e. The predicted octanol–water partition coefficient (Wildman–Crippen LogP) is 2.49. The van der Waals surface area contributed by atoms with Crippen molar-refractivity contribution in [1.29, 1.82) is 0 Å². The molecule has 0 saturated heterocycles. The van der Waals surface area contributed by atoms with Crippen LogP contribution in [0.15, 0.2) is 23.6 Å². The largest absolute Gasteiger partial charge is 0.465 e. The summed E-state index contributed by atoms with van der Waals surface area (Å²) in [5, 5.41) is 2.87. The van der Waals surface area contributed by atoms with Crippen molar-refractivity contribution in [3.63, 3.8) is 0 Å². The molecule has 2 nitrogen and oxygen atoms in total. The first kappa shape index (κ1) is 8.26. The molecule has 0 saturated carbocycles. The number of ether oxygens (including phenoxy) is 1. The minimum absolute atomic E-state index is 0.330. The van der Waals surface area contributed by atoms with Gasteiger partial charge in [-0.25, -0.2) is 4.79 Å². The normalized spacial score (nSPS) is 10.2. The number of esters is 1. The van der Waals surface area contributed by atoms with E-state index < -0.39 is 0 Å². The first-order valence-corrected chi connectivity index (χ1v) is 4.67. The van der Waals surface area contributed by atoms with Gasteiger partial charge in [-0.15, -0.1) is 11.3 Å². The number of benzene rings is 1. The lowest BCUT2D eigenvalue weighted by Gasteiger charge is -1.99. The molecule has 0 fully saturated rings. The van der Waals surface area contributed by atoms with Crippen LogP contribution in [-0.2, 0) is 4.74 Å². The first-order chi connectivity index (χ1) is 6.33. The second-order valence-electron chi connectivity index (χ2n) is 2.54. The van der Waals surface area contributed by atoms with Gasteiger partial charge in [0.15, 0.2) is 0 Å². The maximum absolute atomic E-state index is 11.3. The van der Waals surface area contributed by atoms with Gasteiger partial charge in [0.2, 0.25) is 0 Å². The maximum atomic E-state index is 11.3. The topological polar surface area (TPSA) is 26.3 Å². The molecule has 0 spiro atoms. The lowest BCUT2D eigenvalue weighted by Crippen LogP contribution is -2.01. The molecule has 0 aliphatic heterocycles. The Kier molecular flexibility index (Phi) is 2.02. The van der Waals surface area contributed by atoms with Crippen molar-refractivity contribution in [3.8, 4) is 0 Å². The Bertz CT molecular complexity index is 445. The van der Waals surface area contributed by atoms with Crippen LogP contribution < -0.4 is 0 Å². The fourth-order valence-corrected chi connectivity index (χ4v) is 2.00. The molecule has 0 atom stereocenters. The van der Waals surface area contributed by atoms with Gasteiger partial charge >= 0.3 is 5.97 Å². The van der Waals surface area contributed by atoms with Crippen molar-refractivity contribution in [3.05, 3.63) is 35.2 Å². The average molecular weight is 191 g/mol. The molecule has 3 heteroatoms. The van der Waals surface area contributed by atoms with E-state index in [0.29, 0.717) is 5.56 Å². The van der Waals surface area contributed by atoms with Gasteiger partial charge in [0.1, 0.15) is 0 Å². The highest BCUT2D eigenvalue weighted by molar-refractivity contribution is 7.17. The van der Waals surface area contributed by atoms with Gasteiger partial charge in [-0.05, 0) is 23.6 Å². The van der Waals surface area contributed by atoms with Crippen LogP contribution in [0.5, 0.6) is 0 Å². The average Bonchev–Trinajstić information content (AvgIpc) is 2.63. The van der Waals surface area contributed by atoms with Crippen LogP contribution >= 0.6 is 11.3 Å². The Balaban J connectivity index is 2.67. The molecule has 1 heterocycles. The number of rotatable bonds is 1. The van der Waals surface area contributed by atoms with E-state index in [4.69, 9.17) is 0 Å². The summed E-state index contributed by atoms with van der Waals surface area (Å²) in [4.78, 5) is 11.3. The fourth-order valence-electron chi connectivity index (χ4n) is 1.21. The van der Waals surface area contributed by atoms with Crippen LogP contribution in [0.1, 0.15) is 10.4 Å². The van der Waals surface area contributed by atoms with E-state index in [9.17, 15) is 4.79 Å². The van der Waals surface area contributed by atoms with Gasteiger partial charge in [0.05, 0.1) is 12.7 Å². The minimum atomic E-state index is -0.330. The number of hydrogen-bond acceptors (Lipinski definition) is 3. The Morgan fingerprint density at radius 2 is 2.38 bits per heavy atom. The Morgan fingerprint density at radius 1 is 1.54 bits per heavy atom.